The first-order chi connectivity index (χ1) is 11.7. The third-order valence-corrected chi connectivity index (χ3v) is 3.75. The SMILES string of the molecule is O=C(O)c1ccc(C[n+]2ccc(/C=C\c3ccccc3)cc2)cc1.[Cl-]. The van der Waals surface area contributed by atoms with Crippen LogP contribution in [0.3, 0.4) is 0 Å². The molecule has 0 radical (unpaired) electrons. The summed E-state index contributed by atoms with van der Waals surface area (Å²) < 4.78 is 2.07. The maximum absolute atomic E-state index is 10.9. The van der Waals surface area contributed by atoms with Crippen molar-refractivity contribution in [1.29, 1.82) is 0 Å². The van der Waals surface area contributed by atoms with Crippen molar-refractivity contribution in [2.45, 2.75) is 6.54 Å². The molecule has 3 aromatic rings. The summed E-state index contributed by atoms with van der Waals surface area (Å²) in [6, 6.07) is 21.3. The topological polar surface area (TPSA) is 41.2 Å². The fraction of sp³-hybridized carbons (Fsp3) is 0.0476. The van der Waals surface area contributed by atoms with E-state index < -0.39 is 5.97 Å². The molecule has 3 rings (SSSR count). The molecule has 1 aromatic heterocycles. The van der Waals surface area contributed by atoms with E-state index >= 15 is 0 Å². The summed E-state index contributed by atoms with van der Waals surface area (Å²) in [6.07, 6.45) is 8.22. The fourth-order valence-electron chi connectivity index (χ4n) is 2.41. The van der Waals surface area contributed by atoms with Crippen molar-refractivity contribution >= 4 is 18.1 Å². The van der Waals surface area contributed by atoms with Crippen LogP contribution in [0.1, 0.15) is 27.0 Å². The molecule has 1 heterocycles. The van der Waals surface area contributed by atoms with Crippen LogP contribution in [0.15, 0.2) is 79.1 Å². The van der Waals surface area contributed by atoms with Crippen LogP contribution < -0.4 is 17.0 Å². The van der Waals surface area contributed by atoms with Gasteiger partial charge in [-0.15, -0.1) is 0 Å². The van der Waals surface area contributed by atoms with Crippen molar-refractivity contribution in [3.8, 4) is 0 Å². The average Bonchev–Trinajstić information content (AvgIpc) is 2.62. The Bertz CT molecular complexity index is 841. The van der Waals surface area contributed by atoms with Gasteiger partial charge >= 0.3 is 5.97 Å². The minimum absolute atomic E-state index is 0. The Hall–Kier alpha value is -2.91. The number of carboxylic acid groups (broad SMARTS) is 1. The lowest BCUT2D eigenvalue weighted by atomic mass is 10.1. The molecular formula is C21H18ClNO2. The van der Waals surface area contributed by atoms with E-state index in [4.69, 9.17) is 5.11 Å². The highest BCUT2D eigenvalue weighted by Gasteiger charge is 2.05. The van der Waals surface area contributed by atoms with Gasteiger partial charge in [0.2, 0.25) is 0 Å². The lowest BCUT2D eigenvalue weighted by Crippen LogP contribution is -3.00. The summed E-state index contributed by atoms with van der Waals surface area (Å²) in [5, 5.41) is 8.92. The number of carbonyl (C=O) groups is 1. The second kappa shape index (κ2) is 8.81. The van der Waals surface area contributed by atoms with Gasteiger partial charge in [-0.25, -0.2) is 9.36 Å². The monoisotopic (exact) mass is 351 g/mol. The van der Waals surface area contributed by atoms with Gasteiger partial charge in [0, 0.05) is 17.7 Å². The molecule has 0 atom stereocenters. The van der Waals surface area contributed by atoms with Gasteiger partial charge in [0.25, 0.3) is 0 Å². The molecule has 0 spiro atoms. The Kier molecular flexibility index (Phi) is 6.49. The predicted molar refractivity (Wildman–Crippen MR) is 94.5 cm³/mol. The molecule has 25 heavy (non-hydrogen) atoms. The van der Waals surface area contributed by atoms with E-state index in [1.54, 1.807) is 12.1 Å². The van der Waals surface area contributed by atoms with Gasteiger partial charge in [-0.3, -0.25) is 0 Å². The number of pyridine rings is 1. The van der Waals surface area contributed by atoms with Crippen molar-refractivity contribution in [2.75, 3.05) is 0 Å². The van der Waals surface area contributed by atoms with E-state index in [0.717, 1.165) is 11.1 Å². The molecule has 0 aliphatic heterocycles. The molecule has 0 fully saturated rings. The number of carboxylic acids is 1. The molecule has 1 N–H and O–H groups in total. The lowest BCUT2D eigenvalue weighted by Gasteiger charge is -2.00. The second-order valence-corrected chi connectivity index (χ2v) is 5.55. The highest BCUT2D eigenvalue weighted by Crippen LogP contribution is 2.07. The summed E-state index contributed by atoms with van der Waals surface area (Å²) in [4.78, 5) is 10.9. The zero-order valence-electron chi connectivity index (χ0n) is 13.5. The largest absolute Gasteiger partial charge is 1.00 e. The highest BCUT2D eigenvalue weighted by molar-refractivity contribution is 5.87. The summed E-state index contributed by atoms with van der Waals surface area (Å²) in [5.74, 6) is -0.899. The van der Waals surface area contributed by atoms with Crippen LogP contribution in [0.5, 0.6) is 0 Å². The van der Waals surface area contributed by atoms with Gasteiger partial charge < -0.3 is 17.5 Å². The summed E-state index contributed by atoms with van der Waals surface area (Å²) in [6.45, 7) is 0.711. The first-order valence-electron chi connectivity index (χ1n) is 7.75. The van der Waals surface area contributed by atoms with Crippen molar-refractivity contribution in [2.24, 2.45) is 0 Å². The van der Waals surface area contributed by atoms with Gasteiger partial charge in [0.1, 0.15) is 0 Å². The lowest BCUT2D eigenvalue weighted by molar-refractivity contribution is -0.688. The van der Waals surface area contributed by atoms with E-state index in [-0.39, 0.29) is 12.4 Å². The number of hydrogen-bond donors (Lipinski definition) is 1. The molecule has 0 saturated carbocycles. The second-order valence-electron chi connectivity index (χ2n) is 5.55. The predicted octanol–water partition coefficient (Wildman–Crippen LogP) is 0.895. The zero-order valence-corrected chi connectivity index (χ0v) is 14.3. The number of rotatable bonds is 5. The molecule has 0 saturated heterocycles. The van der Waals surface area contributed by atoms with E-state index in [0.29, 0.717) is 12.1 Å². The third-order valence-electron chi connectivity index (χ3n) is 3.75. The van der Waals surface area contributed by atoms with E-state index in [9.17, 15) is 4.79 Å². The maximum atomic E-state index is 10.9. The normalized spacial score (nSPS) is 10.4. The number of aromatic nitrogens is 1. The summed E-state index contributed by atoms with van der Waals surface area (Å²) in [7, 11) is 0. The molecule has 126 valence electrons. The van der Waals surface area contributed by atoms with Crippen molar-refractivity contribution in [1.82, 2.24) is 0 Å². The summed E-state index contributed by atoms with van der Waals surface area (Å²) >= 11 is 0. The van der Waals surface area contributed by atoms with Gasteiger partial charge in [-0.2, -0.15) is 0 Å². The standard InChI is InChI=1S/C21H17NO2.ClH/c23-21(24)20-10-8-19(9-11-20)16-22-14-12-18(13-15-22)7-6-17-4-2-1-3-5-17;/h1-15H,16H2;1H/b7-6-;. The van der Waals surface area contributed by atoms with Gasteiger partial charge in [0.05, 0.1) is 5.56 Å². The molecule has 4 heteroatoms. The van der Waals surface area contributed by atoms with Crippen molar-refractivity contribution in [3.05, 3.63) is 101 Å². The van der Waals surface area contributed by atoms with Crippen molar-refractivity contribution < 1.29 is 26.9 Å². The number of nitrogens with zero attached hydrogens (tertiary/aromatic N) is 1. The maximum Gasteiger partial charge on any atom is 0.335 e. The molecular weight excluding hydrogens is 334 g/mol. The molecule has 0 amide bonds. The Morgan fingerprint density at radius 3 is 1.96 bits per heavy atom. The van der Waals surface area contributed by atoms with E-state index in [2.05, 4.69) is 41.0 Å². The van der Waals surface area contributed by atoms with Crippen LogP contribution in [0.25, 0.3) is 12.2 Å². The third kappa shape index (κ3) is 5.30. The van der Waals surface area contributed by atoms with Gasteiger partial charge in [-0.05, 0) is 23.3 Å². The molecule has 0 bridgehead atoms. The van der Waals surface area contributed by atoms with E-state index in [1.165, 1.54) is 5.56 Å². The van der Waals surface area contributed by atoms with Crippen LogP contribution >= 0.6 is 0 Å². The van der Waals surface area contributed by atoms with Crippen LogP contribution in [0.2, 0.25) is 0 Å². The first-order valence-corrected chi connectivity index (χ1v) is 7.75. The molecule has 3 nitrogen and oxygen atoms in total. The first kappa shape index (κ1) is 18.4. The Morgan fingerprint density at radius 2 is 1.40 bits per heavy atom. The van der Waals surface area contributed by atoms with Crippen LogP contribution in [0, 0.1) is 0 Å². The van der Waals surface area contributed by atoms with Gasteiger partial charge in [0.15, 0.2) is 18.9 Å². The zero-order chi connectivity index (χ0) is 16.8. The minimum atomic E-state index is -0.899. The molecule has 0 aliphatic rings. The number of aromatic carboxylic acids is 1. The van der Waals surface area contributed by atoms with E-state index in [1.807, 2.05) is 42.7 Å². The molecule has 0 unspecified atom stereocenters. The molecule has 2 aromatic carbocycles. The summed E-state index contributed by atoms with van der Waals surface area (Å²) in [5.41, 5.74) is 3.69. The molecule has 0 aliphatic carbocycles. The average molecular weight is 352 g/mol. The minimum Gasteiger partial charge on any atom is -1.00 e. The van der Waals surface area contributed by atoms with Crippen LogP contribution in [-0.2, 0) is 6.54 Å². The van der Waals surface area contributed by atoms with Crippen LogP contribution in [0.4, 0.5) is 0 Å². The quantitative estimate of drug-likeness (QED) is 0.694. The van der Waals surface area contributed by atoms with Gasteiger partial charge in [-0.1, -0.05) is 54.6 Å². The number of hydrogen-bond acceptors (Lipinski definition) is 1. The Labute approximate surface area is 153 Å². The Morgan fingerprint density at radius 1 is 0.840 bits per heavy atom. The van der Waals surface area contributed by atoms with Crippen molar-refractivity contribution in [3.63, 3.8) is 0 Å². The smallest absolute Gasteiger partial charge is 0.335 e. The number of benzene rings is 2. The Balaban J connectivity index is 0.00000225. The van der Waals surface area contributed by atoms with Crippen LogP contribution in [-0.4, -0.2) is 11.1 Å². The number of halogens is 1. The highest BCUT2D eigenvalue weighted by atomic mass is 35.5. The fourth-order valence-corrected chi connectivity index (χ4v) is 2.41.